The number of nitrogens with zero attached hydrogens (tertiary/aromatic N) is 3. The van der Waals surface area contributed by atoms with E-state index in [1.165, 1.54) is 6.33 Å². The molecule has 6 heteroatoms. The molecular weight excluding hydrogens is 218 g/mol. The summed E-state index contributed by atoms with van der Waals surface area (Å²) in [4.78, 5) is 4.07. The fourth-order valence-corrected chi connectivity index (χ4v) is 1.70. The molecule has 0 bridgehead atoms. The predicted octanol–water partition coefficient (Wildman–Crippen LogP) is 1.13. The summed E-state index contributed by atoms with van der Waals surface area (Å²) >= 11 is 0. The molecule has 17 heavy (non-hydrogen) atoms. The Morgan fingerprint density at radius 2 is 2.29 bits per heavy atom. The van der Waals surface area contributed by atoms with Crippen LogP contribution in [0.25, 0.3) is 0 Å². The predicted molar refractivity (Wildman–Crippen MR) is 62.4 cm³/mol. The van der Waals surface area contributed by atoms with Crippen molar-refractivity contribution in [3.63, 3.8) is 0 Å². The van der Waals surface area contributed by atoms with Crippen molar-refractivity contribution in [3.05, 3.63) is 29.2 Å². The molecule has 0 aliphatic carbocycles. The Bertz CT molecular complexity index is 429. The maximum Gasteiger partial charge on any atom is 0.138 e. The minimum Gasteiger partial charge on any atom is -0.361 e. The van der Waals surface area contributed by atoms with Crippen molar-refractivity contribution in [3.8, 4) is 0 Å². The Hall–Kier alpha value is -1.69. The molecule has 0 aromatic carbocycles. The van der Waals surface area contributed by atoms with Crippen LogP contribution in [0, 0.1) is 13.8 Å². The second-order valence-corrected chi connectivity index (χ2v) is 4.02. The third-order valence-corrected chi connectivity index (χ3v) is 2.72. The average Bonchev–Trinajstić information content (AvgIpc) is 2.92. The summed E-state index contributed by atoms with van der Waals surface area (Å²) in [6, 6.07) is 0. The molecule has 0 aliphatic rings. The molecule has 2 aromatic heterocycles. The molecule has 0 unspecified atom stereocenters. The van der Waals surface area contributed by atoms with Gasteiger partial charge in [-0.3, -0.25) is 5.10 Å². The fraction of sp³-hybridized carbons (Fsp3) is 0.545. The first-order chi connectivity index (χ1) is 8.27. The minimum atomic E-state index is 0.803. The monoisotopic (exact) mass is 235 g/mol. The van der Waals surface area contributed by atoms with Crippen LogP contribution in [0.5, 0.6) is 0 Å². The molecule has 2 N–H and O–H groups in total. The molecule has 0 aliphatic heterocycles. The quantitative estimate of drug-likeness (QED) is 0.734. The summed E-state index contributed by atoms with van der Waals surface area (Å²) in [5.41, 5.74) is 2.12. The molecule has 2 heterocycles. The van der Waals surface area contributed by atoms with Crippen molar-refractivity contribution in [2.24, 2.45) is 0 Å². The van der Waals surface area contributed by atoms with Gasteiger partial charge in [-0.1, -0.05) is 5.16 Å². The zero-order valence-corrected chi connectivity index (χ0v) is 10.2. The fourth-order valence-electron chi connectivity index (χ4n) is 1.70. The van der Waals surface area contributed by atoms with Gasteiger partial charge in [-0.25, -0.2) is 4.98 Å². The molecule has 0 saturated carbocycles. The van der Waals surface area contributed by atoms with Gasteiger partial charge < -0.3 is 9.84 Å². The van der Waals surface area contributed by atoms with Gasteiger partial charge >= 0.3 is 0 Å². The van der Waals surface area contributed by atoms with E-state index >= 15 is 0 Å². The van der Waals surface area contributed by atoms with Crippen LogP contribution in [-0.4, -0.2) is 26.9 Å². The van der Waals surface area contributed by atoms with Crippen molar-refractivity contribution in [2.45, 2.75) is 33.2 Å². The molecule has 0 spiro atoms. The van der Waals surface area contributed by atoms with Gasteiger partial charge in [0.15, 0.2) is 0 Å². The maximum atomic E-state index is 5.10. The molecule has 0 atom stereocenters. The summed E-state index contributed by atoms with van der Waals surface area (Å²) in [7, 11) is 0. The van der Waals surface area contributed by atoms with Crippen molar-refractivity contribution < 1.29 is 4.52 Å². The second-order valence-electron chi connectivity index (χ2n) is 4.02. The van der Waals surface area contributed by atoms with Crippen LogP contribution in [0.3, 0.4) is 0 Å². The van der Waals surface area contributed by atoms with Gasteiger partial charge in [0.1, 0.15) is 17.9 Å². The summed E-state index contributed by atoms with van der Waals surface area (Å²) in [6.07, 6.45) is 3.47. The molecule has 0 amide bonds. The van der Waals surface area contributed by atoms with Gasteiger partial charge in [0.05, 0.1) is 5.69 Å². The molecule has 0 radical (unpaired) electrons. The summed E-state index contributed by atoms with van der Waals surface area (Å²) in [5, 5.41) is 13.9. The average molecular weight is 235 g/mol. The first-order valence-electron chi connectivity index (χ1n) is 5.74. The topological polar surface area (TPSA) is 79.6 Å². The van der Waals surface area contributed by atoms with Crippen LogP contribution in [0.1, 0.15) is 29.3 Å². The Morgan fingerprint density at radius 1 is 1.41 bits per heavy atom. The molecule has 2 rings (SSSR count). The number of aromatic nitrogens is 4. The molecular formula is C11H17N5O. The Labute approximate surface area is 99.8 Å². The number of rotatable bonds is 6. The third kappa shape index (κ3) is 3.13. The smallest absolute Gasteiger partial charge is 0.138 e. The molecule has 6 nitrogen and oxygen atoms in total. The molecule has 0 saturated heterocycles. The summed E-state index contributed by atoms with van der Waals surface area (Å²) < 4.78 is 5.10. The van der Waals surface area contributed by atoms with E-state index in [-0.39, 0.29) is 0 Å². The van der Waals surface area contributed by atoms with Crippen LogP contribution >= 0.6 is 0 Å². The largest absolute Gasteiger partial charge is 0.361 e. The van der Waals surface area contributed by atoms with Crippen LogP contribution in [0.2, 0.25) is 0 Å². The highest BCUT2D eigenvalue weighted by atomic mass is 16.5. The minimum absolute atomic E-state index is 0.803. The Kier molecular flexibility index (Phi) is 3.87. The van der Waals surface area contributed by atoms with E-state index in [9.17, 15) is 0 Å². The highest BCUT2D eigenvalue weighted by Gasteiger charge is 2.07. The molecule has 92 valence electrons. The van der Waals surface area contributed by atoms with Crippen LogP contribution in [0.15, 0.2) is 10.9 Å². The zero-order valence-electron chi connectivity index (χ0n) is 10.2. The Morgan fingerprint density at radius 3 is 2.94 bits per heavy atom. The van der Waals surface area contributed by atoms with Crippen LogP contribution in [0.4, 0.5) is 0 Å². The first-order valence-corrected chi connectivity index (χ1v) is 5.74. The van der Waals surface area contributed by atoms with Crippen molar-refractivity contribution in [1.29, 1.82) is 0 Å². The van der Waals surface area contributed by atoms with Crippen LogP contribution < -0.4 is 5.32 Å². The molecule has 2 aromatic rings. The number of H-pyrrole nitrogens is 1. The Balaban J connectivity index is 1.67. The number of nitrogens with one attached hydrogen (secondary N) is 2. The van der Waals surface area contributed by atoms with Gasteiger partial charge in [0, 0.05) is 18.5 Å². The van der Waals surface area contributed by atoms with Gasteiger partial charge in [-0.05, 0) is 26.8 Å². The lowest BCUT2D eigenvalue weighted by Crippen LogP contribution is -2.16. The molecule has 0 fully saturated rings. The first kappa shape index (κ1) is 11.8. The van der Waals surface area contributed by atoms with Gasteiger partial charge in [-0.15, -0.1) is 0 Å². The maximum absolute atomic E-state index is 5.10. The highest BCUT2D eigenvalue weighted by molar-refractivity contribution is 5.20. The summed E-state index contributed by atoms with van der Waals surface area (Å²) in [6.45, 7) is 5.63. The van der Waals surface area contributed by atoms with E-state index in [1.807, 2.05) is 13.8 Å². The van der Waals surface area contributed by atoms with Crippen molar-refractivity contribution in [2.75, 3.05) is 6.54 Å². The number of aryl methyl sites for hydroxylation is 3. The van der Waals surface area contributed by atoms with Gasteiger partial charge in [0.25, 0.3) is 0 Å². The van der Waals surface area contributed by atoms with Gasteiger partial charge in [-0.2, -0.15) is 5.10 Å². The van der Waals surface area contributed by atoms with E-state index in [4.69, 9.17) is 4.52 Å². The van der Waals surface area contributed by atoms with E-state index in [0.717, 1.165) is 48.8 Å². The van der Waals surface area contributed by atoms with Gasteiger partial charge in [0.2, 0.25) is 0 Å². The number of hydrogen-bond donors (Lipinski definition) is 2. The van der Waals surface area contributed by atoms with Crippen LogP contribution in [-0.2, 0) is 13.0 Å². The zero-order chi connectivity index (χ0) is 12.1. The lowest BCUT2D eigenvalue weighted by molar-refractivity contribution is 0.392. The van der Waals surface area contributed by atoms with E-state index in [2.05, 4.69) is 25.7 Å². The van der Waals surface area contributed by atoms with Crippen molar-refractivity contribution in [1.82, 2.24) is 25.7 Å². The van der Waals surface area contributed by atoms with Crippen molar-refractivity contribution >= 4 is 0 Å². The van der Waals surface area contributed by atoms with E-state index in [0.29, 0.717) is 0 Å². The SMILES string of the molecule is Cc1noc(C)c1CNCCCc1ncn[nH]1. The van der Waals surface area contributed by atoms with E-state index < -0.39 is 0 Å². The third-order valence-electron chi connectivity index (χ3n) is 2.72. The lowest BCUT2D eigenvalue weighted by Gasteiger charge is -2.03. The normalized spacial score (nSPS) is 10.9. The standard InChI is InChI=1S/C11H17N5O/c1-8-10(9(2)17-16-8)6-12-5-3-4-11-13-7-14-15-11/h7,12H,3-6H2,1-2H3,(H,13,14,15). The highest BCUT2D eigenvalue weighted by Crippen LogP contribution is 2.11. The second kappa shape index (κ2) is 5.58. The number of aromatic amines is 1. The lowest BCUT2D eigenvalue weighted by atomic mass is 10.2. The summed E-state index contributed by atoms with van der Waals surface area (Å²) in [5.74, 6) is 1.83. The number of hydrogen-bond acceptors (Lipinski definition) is 5. The van der Waals surface area contributed by atoms with E-state index in [1.54, 1.807) is 0 Å².